The Hall–Kier alpha value is -1.78. The molecular formula is C19H30FIN4O3. The van der Waals surface area contributed by atoms with Crippen molar-refractivity contribution >= 4 is 36.0 Å². The number of carbonyl (C=O) groups excluding carboxylic acids is 1. The smallest absolute Gasteiger partial charge is 0.407 e. The van der Waals surface area contributed by atoms with Gasteiger partial charge in [0.15, 0.2) is 17.5 Å². The normalized spacial score (nSPS) is 14.5. The molecule has 1 aromatic rings. The van der Waals surface area contributed by atoms with Crippen LogP contribution in [0.1, 0.15) is 25.3 Å². The summed E-state index contributed by atoms with van der Waals surface area (Å²) < 4.78 is 23.8. The van der Waals surface area contributed by atoms with Gasteiger partial charge in [0, 0.05) is 27.2 Å². The minimum atomic E-state index is -0.395. The van der Waals surface area contributed by atoms with E-state index in [2.05, 4.69) is 15.6 Å². The van der Waals surface area contributed by atoms with Crippen LogP contribution in [0.4, 0.5) is 9.18 Å². The molecule has 1 aliphatic carbocycles. The highest BCUT2D eigenvalue weighted by molar-refractivity contribution is 14.0. The number of methoxy groups -OCH3 is 1. The number of carbonyl (C=O) groups is 1. The van der Waals surface area contributed by atoms with Gasteiger partial charge in [-0.15, -0.1) is 24.0 Å². The maximum atomic E-state index is 13.9. The van der Waals surface area contributed by atoms with E-state index in [4.69, 9.17) is 9.47 Å². The van der Waals surface area contributed by atoms with Crippen LogP contribution in [0.15, 0.2) is 23.2 Å². The maximum Gasteiger partial charge on any atom is 0.407 e. The first-order chi connectivity index (χ1) is 13.0. The SMILES string of the molecule is CCOC(=O)NC(CNC(=NC)N(C)Cc1ccc(OC)c(F)c1)C1CC1.I. The Morgan fingerprint density at radius 3 is 2.68 bits per heavy atom. The number of halogens is 2. The molecule has 1 fully saturated rings. The van der Waals surface area contributed by atoms with Crippen LogP contribution in [0, 0.1) is 11.7 Å². The molecule has 7 nitrogen and oxygen atoms in total. The highest BCUT2D eigenvalue weighted by Gasteiger charge is 2.32. The summed E-state index contributed by atoms with van der Waals surface area (Å²) in [6, 6.07) is 4.88. The third kappa shape index (κ3) is 7.33. The molecule has 0 aliphatic heterocycles. The molecule has 1 saturated carbocycles. The fourth-order valence-electron chi connectivity index (χ4n) is 2.90. The third-order valence-electron chi connectivity index (χ3n) is 4.46. The van der Waals surface area contributed by atoms with E-state index in [9.17, 15) is 9.18 Å². The monoisotopic (exact) mass is 508 g/mol. The van der Waals surface area contributed by atoms with E-state index in [0.717, 1.165) is 18.4 Å². The summed E-state index contributed by atoms with van der Waals surface area (Å²) in [6.07, 6.45) is 1.80. The van der Waals surface area contributed by atoms with E-state index in [1.54, 1.807) is 20.0 Å². The summed E-state index contributed by atoms with van der Waals surface area (Å²) in [5.74, 6) is 0.962. The van der Waals surface area contributed by atoms with E-state index in [1.807, 2.05) is 18.0 Å². The largest absolute Gasteiger partial charge is 0.494 e. The second kappa shape index (κ2) is 11.9. The lowest BCUT2D eigenvalue weighted by Crippen LogP contribution is -2.48. The topological polar surface area (TPSA) is 75.2 Å². The molecule has 0 radical (unpaired) electrons. The van der Waals surface area contributed by atoms with Crippen LogP contribution in [-0.4, -0.2) is 57.4 Å². The minimum Gasteiger partial charge on any atom is -0.494 e. The number of guanidine groups is 1. The van der Waals surface area contributed by atoms with Crippen LogP contribution in [0.5, 0.6) is 5.75 Å². The lowest BCUT2D eigenvalue weighted by atomic mass is 10.2. The molecule has 1 aromatic carbocycles. The molecule has 1 aliphatic rings. The molecule has 2 N–H and O–H groups in total. The summed E-state index contributed by atoms with van der Waals surface area (Å²) in [5, 5.41) is 6.19. The lowest BCUT2D eigenvalue weighted by Gasteiger charge is -2.25. The highest BCUT2D eigenvalue weighted by Crippen LogP contribution is 2.32. The van der Waals surface area contributed by atoms with Gasteiger partial charge in [0.2, 0.25) is 0 Å². The van der Waals surface area contributed by atoms with E-state index in [0.29, 0.717) is 31.6 Å². The number of aliphatic imine (C=N–C) groups is 1. The Labute approximate surface area is 183 Å². The van der Waals surface area contributed by atoms with Crippen molar-refractivity contribution in [3.8, 4) is 5.75 Å². The molecule has 158 valence electrons. The molecule has 28 heavy (non-hydrogen) atoms. The van der Waals surface area contributed by atoms with Crippen LogP contribution in [0.25, 0.3) is 0 Å². The summed E-state index contributed by atoms with van der Waals surface area (Å²) in [5.41, 5.74) is 0.808. The van der Waals surface area contributed by atoms with Gasteiger partial charge in [-0.2, -0.15) is 0 Å². The van der Waals surface area contributed by atoms with Crippen molar-refractivity contribution in [2.75, 3.05) is 34.4 Å². The van der Waals surface area contributed by atoms with Crippen LogP contribution in [0.3, 0.4) is 0 Å². The Balaban J connectivity index is 0.00000392. The van der Waals surface area contributed by atoms with Gasteiger partial charge in [0.1, 0.15) is 0 Å². The Morgan fingerprint density at radius 1 is 1.43 bits per heavy atom. The van der Waals surface area contributed by atoms with Gasteiger partial charge in [-0.3, -0.25) is 4.99 Å². The molecule has 1 unspecified atom stereocenters. The van der Waals surface area contributed by atoms with Crippen molar-refractivity contribution in [3.63, 3.8) is 0 Å². The van der Waals surface area contributed by atoms with Crippen molar-refractivity contribution in [2.45, 2.75) is 32.4 Å². The first-order valence-electron chi connectivity index (χ1n) is 9.16. The number of alkyl carbamates (subject to hydrolysis) is 1. The molecule has 0 spiro atoms. The van der Waals surface area contributed by atoms with Crippen molar-refractivity contribution in [1.82, 2.24) is 15.5 Å². The molecule has 0 heterocycles. The summed E-state index contributed by atoms with van der Waals surface area (Å²) >= 11 is 0. The second-order valence-corrected chi connectivity index (χ2v) is 6.56. The van der Waals surface area contributed by atoms with E-state index in [-0.39, 0.29) is 35.8 Å². The van der Waals surface area contributed by atoms with Gasteiger partial charge in [-0.05, 0) is 43.4 Å². The number of hydrogen-bond acceptors (Lipinski definition) is 4. The average Bonchev–Trinajstić information content (AvgIpc) is 3.46. The number of benzene rings is 1. The molecule has 0 aromatic heterocycles. The summed E-state index contributed by atoms with van der Waals surface area (Å²) in [6.45, 7) is 3.17. The zero-order valence-corrected chi connectivity index (χ0v) is 19.2. The number of amides is 1. The fraction of sp³-hybridized carbons (Fsp3) is 0.579. The van der Waals surface area contributed by atoms with Crippen molar-refractivity contribution in [1.29, 1.82) is 0 Å². The Kier molecular flexibility index (Phi) is 10.3. The zero-order valence-electron chi connectivity index (χ0n) is 16.8. The Bertz CT molecular complexity index is 671. The van der Waals surface area contributed by atoms with Crippen molar-refractivity contribution in [3.05, 3.63) is 29.6 Å². The molecule has 1 amide bonds. The van der Waals surface area contributed by atoms with Gasteiger partial charge in [0.05, 0.1) is 19.8 Å². The first-order valence-corrected chi connectivity index (χ1v) is 9.16. The van der Waals surface area contributed by atoms with Gasteiger partial charge < -0.3 is 25.0 Å². The third-order valence-corrected chi connectivity index (χ3v) is 4.46. The summed E-state index contributed by atoms with van der Waals surface area (Å²) in [7, 11) is 5.01. The molecule has 2 rings (SSSR count). The maximum absolute atomic E-state index is 13.9. The predicted molar refractivity (Wildman–Crippen MR) is 118 cm³/mol. The molecule has 0 saturated heterocycles. The van der Waals surface area contributed by atoms with Gasteiger partial charge in [0.25, 0.3) is 0 Å². The number of nitrogens with zero attached hydrogens (tertiary/aromatic N) is 2. The number of ether oxygens (including phenoxy) is 2. The van der Waals surface area contributed by atoms with E-state index in [1.165, 1.54) is 13.2 Å². The minimum absolute atomic E-state index is 0. The van der Waals surface area contributed by atoms with Gasteiger partial charge in [-0.1, -0.05) is 6.07 Å². The van der Waals surface area contributed by atoms with E-state index >= 15 is 0 Å². The quantitative estimate of drug-likeness (QED) is 0.321. The van der Waals surface area contributed by atoms with Gasteiger partial charge in [-0.25, -0.2) is 9.18 Å². The standard InChI is InChI=1S/C19H29FN4O3.HI/c1-5-27-19(25)23-16(14-7-8-14)11-22-18(21-2)24(3)12-13-6-9-17(26-4)15(20)10-13;/h6,9-10,14,16H,5,7-8,11-12H2,1-4H3,(H,21,22)(H,23,25);1H. The van der Waals surface area contributed by atoms with Crippen LogP contribution >= 0.6 is 24.0 Å². The fourth-order valence-corrected chi connectivity index (χ4v) is 2.90. The highest BCUT2D eigenvalue weighted by atomic mass is 127. The van der Waals surface area contributed by atoms with Crippen molar-refractivity contribution in [2.24, 2.45) is 10.9 Å². The summed E-state index contributed by atoms with van der Waals surface area (Å²) in [4.78, 5) is 17.9. The Morgan fingerprint density at radius 2 is 2.14 bits per heavy atom. The van der Waals surface area contributed by atoms with Crippen LogP contribution in [0.2, 0.25) is 0 Å². The molecule has 1 atom stereocenters. The van der Waals surface area contributed by atoms with Crippen LogP contribution < -0.4 is 15.4 Å². The molecule has 9 heteroatoms. The lowest BCUT2D eigenvalue weighted by molar-refractivity contribution is 0.146. The number of rotatable bonds is 8. The predicted octanol–water partition coefficient (Wildman–Crippen LogP) is 2.98. The van der Waals surface area contributed by atoms with Crippen LogP contribution in [-0.2, 0) is 11.3 Å². The van der Waals surface area contributed by atoms with Gasteiger partial charge >= 0.3 is 6.09 Å². The molecular weight excluding hydrogens is 478 g/mol. The zero-order chi connectivity index (χ0) is 19.8. The number of nitrogens with one attached hydrogen (secondary N) is 2. The first kappa shape index (κ1) is 24.3. The second-order valence-electron chi connectivity index (χ2n) is 6.56. The molecule has 0 bridgehead atoms. The van der Waals surface area contributed by atoms with Crippen molar-refractivity contribution < 1.29 is 18.7 Å². The average molecular weight is 508 g/mol. The number of hydrogen-bond donors (Lipinski definition) is 2. The van der Waals surface area contributed by atoms with E-state index < -0.39 is 11.9 Å².